The number of furan rings is 1. The van der Waals surface area contributed by atoms with Gasteiger partial charge in [0.05, 0.1) is 23.8 Å². The lowest BCUT2D eigenvalue weighted by molar-refractivity contribution is -0.130. The summed E-state index contributed by atoms with van der Waals surface area (Å²) in [7, 11) is 0. The van der Waals surface area contributed by atoms with Gasteiger partial charge in [-0.15, -0.1) is 0 Å². The van der Waals surface area contributed by atoms with Crippen molar-refractivity contribution in [1.29, 1.82) is 0 Å². The van der Waals surface area contributed by atoms with Crippen molar-refractivity contribution in [3.8, 4) is 5.75 Å². The van der Waals surface area contributed by atoms with Crippen molar-refractivity contribution in [2.24, 2.45) is 0 Å². The lowest BCUT2D eigenvalue weighted by Crippen LogP contribution is -2.30. The van der Waals surface area contributed by atoms with Crippen molar-refractivity contribution >= 4 is 28.6 Å². The van der Waals surface area contributed by atoms with Gasteiger partial charge in [0.2, 0.25) is 5.78 Å². The number of phenols is 1. The minimum Gasteiger partial charge on any atom is -0.508 e. The minimum atomic E-state index is -0.932. The van der Waals surface area contributed by atoms with Gasteiger partial charge in [0, 0.05) is 11.9 Å². The van der Waals surface area contributed by atoms with Crippen LogP contribution in [0, 0.1) is 0 Å². The largest absolute Gasteiger partial charge is 0.508 e. The molecule has 1 aromatic heterocycles. The highest BCUT2D eigenvalue weighted by atomic mass is 16.5. The van der Waals surface area contributed by atoms with E-state index in [2.05, 4.69) is 0 Å². The van der Waals surface area contributed by atoms with E-state index in [0.29, 0.717) is 22.3 Å². The molecule has 2 N–H and O–H groups in total. The highest BCUT2D eigenvalue weighted by Crippen LogP contribution is 2.41. The average molecular weight is 498 g/mol. The number of hydrogen-bond acceptors (Lipinski definition) is 7. The summed E-state index contributed by atoms with van der Waals surface area (Å²) in [5.41, 5.74) is 1.97. The zero-order chi connectivity index (χ0) is 26.1. The molecule has 0 bridgehead atoms. The summed E-state index contributed by atoms with van der Waals surface area (Å²) in [5.74, 6) is -2.42. The molecule has 5 rings (SSSR count). The molecule has 4 aromatic rings. The maximum atomic E-state index is 13.6. The fourth-order valence-electron chi connectivity index (χ4n) is 4.44. The summed E-state index contributed by atoms with van der Waals surface area (Å²) >= 11 is 0. The van der Waals surface area contributed by atoms with E-state index in [9.17, 15) is 24.6 Å². The smallest absolute Gasteiger partial charge is 0.338 e. The number of fused-ring (bicyclic) bond motifs is 1. The third-order valence-electron chi connectivity index (χ3n) is 6.22. The van der Waals surface area contributed by atoms with Gasteiger partial charge in [0.15, 0.2) is 11.5 Å². The highest BCUT2D eigenvalue weighted by Gasteiger charge is 2.44. The summed E-state index contributed by atoms with van der Waals surface area (Å²) in [6.07, 6.45) is 0. The van der Waals surface area contributed by atoms with Crippen LogP contribution in [0.4, 0.5) is 0 Å². The molecule has 1 aliphatic rings. The predicted octanol–water partition coefficient (Wildman–Crippen LogP) is 5.09. The van der Waals surface area contributed by atoms with E-state index in [1.807, 2.05) is 6.07 Å². The van der Waals surface area contributed by atoms with Crippen LogP contribution in [0.2, 0.25) is 0 Å². The first-order valence-corrected chi connectivity index (χ1v) is 11.7. The zero-order valence-corrected chi connectivity index (χ0v) is 19.9. The van der Waals surface area contributed by atoms with Crippen molar-refractivity contribution < 1.29 is 33.8 Å². The SMILES string of the molecule is CCOC(=O)c1ccc(CN2C(=O)C(O)=C(C(=O)c3cc4ccccc4o3)C2c2ccc(O)cc2)cc1. The van der Waals surface area contributed by atoms with Crippen LogP contribution in [0.5, 0.6) is 5.75 Å². The Morgan fingerprint density at radius 2 is 1.68 bits per heavy atom. The third-order valence-corrected chi connectivity index (χ3v) is 6.22. The van der Waals surface area contributed by atoms with E-state index in [-0.39, 0.29) is 30.2 Å². The van der Waals surface area contributed by atoms with E-state index in [4.69, 9.17) is 9.15 Å². The number of nitrogens with zero attached hydrogens (tertiary/aromatic N) is 1. The van der Waals surface area contributed by atoms with Crippen molar-refractivity contribution in [2.45, 2.75) is 19.5 Å². The topological polar surface area (TPSA) is 117 Å². The number of aliphatic hydroxyl groups excluding tert-OH is 1. The van der Waals surface area contributed by atoms with Crippen molar-refractivity contribution in [3.63, 3.8) is 0 Å². The lowest BCUT2D eigenvalue weighted by Gasteiger charge is -2.27. The van der Waals surface area contributed by atoms with Gasteiger partial charge in [0.25, 0.3) is 5.91 Å². The van der Waals surface area contributed by atoms with Crippen LogP contribution in [0.3, 0.4) is 0 Å². The van der Waals surface area contributed by atoms with Gasteiger partial charge >= 0.3 is 5.97 Å². The predicted molar refractivity (Wildman–Crippen MR) is 134 cm³/mol. The number of ether oxygens (including phenoxy) is 1. The number of carbonyl (C=O) groups excluding carboxylic acids is 3. The maximum absolute atomic E-state index is 13.6. The summed E-state index contributed by atoms with van der Waals surface area (Å²) in [6, 6.07) is 20.4. The number of rotatable bonds is 7. The summed E-state index contributed by atoms with van der Waals surface area (Å²) in [6.45, 7) is 2.02. The van der Waals surface area contributed by atoms with Gasteiger partial charge in [0.1, 0.15) is 11.3 Å². The van der Waals surface area contributed by atoms with Gasteiger partial charge in [-0.1, -0.05) is 42.5 Å². The fraction of sp³-hybridized carbons (Fsp3) is 0.138. The Morgan fingerprint density at radius 3 is 2.35 bits per heavy atom. The highest BCUT2D eigenvalue weighted by molar-refractivity contribution is 6.16. The standard InChI is InChI=1S/C29H23NO7/c1-2-36-29(35)19-9-7-17(8-10-19)16-30-25(18-11-13-21(31)14-12-18)24(27(33)28(30)34)26(32)23-15-20-5-3-4-6-22(20)37-23/h3-15,25,31,33H,2,16H2,1H3. The summed E-state index contributed by atoms with van der Waals surface area (Å²) < 4.78 is 10.7. The molecule has 0 fully saturated rings. The van der Waals surface area contributed by atoms with Gasteiger partial charge in [-0.25, -0.2) is 4.79 Å². The molecular formula is C29H23NO7. The third kappa shape index (κ3) is 4.45. The van der Waals surface area contributed by atoms with Crippen LogP contribution in [0.1, 0.15) is 45.0 Å². The number of amides is 1. The molecule has 2 heterocycles. The number of phenolic OH excluding ortho intramolecular Hbond substituents is 1. The van der Waals surface area contributed by atoms with Crippen LogP contribution in [0.25, 0.3) is 11.0 Å². The number of carbonyl (C=O) groups is 3. The van der Waals surface area contributed by atoms with Crippen molar-refractivity contribution in [1.82, 2.24) is 4.90 Å². The second-order valence-corrected chi connectivity index (χ2v) is 8.58. The molecule has 0 saturated heterocycles. The van der Waals surface area contributed by atoms with Crippen LogP contribution < -0.4 is 0 Å². The molecule has 0 spiro atoms. The van der Waals surface area contributed by atoms with E-state index < -0.39 is 29.5 Å². The van der Waals surface area contributed by atoms with Gasteiger partial charge < -0.3 is 24.3 Å². The first-order valence-electron chi connectivity index (χ1n) is 11.7. The Balaban J connectivity index is 1.52. The summed E-state index contributed by atoms with van der Waals surface area (Å²) in [4.78, 5) is 40.2. The second kappa shape index (κ2) is 9.66. The minimum absolute atomic E-state index is 0.0000298. The van der Waals surface area contributed by atoms with Crippen molar-refractivity contribution in [3.05, 3.63) is 113 Å². The van der Waals surface area contributed by atoms with Gasteiger partial charge in [-0.3, -0.25) is 9.59 Å². The van der Waals surface area contributed by atoms with Crippen molar-refractivity contribution in [2.75, 3.05) is 6.61 Å². The van der Waals surface area contributed by atoms with Gasteiger partial charge in [-0.2, -0.15) is 0 Å². The molecule has 3 aromatic carbocycles. The quantitative estimate of drug-likeness (QED) is 0.270. The molecule has 8 nitrogen and oxygen atoms in total. The first-order chi connectivity index (χ1) is 17.9. The molecule has 1 unspecified atom stereocenters. The van der Waals surface area contributed by atoms with E-state index >= 15 is 0 Å². The number of Topliss-reactive ketones (excluding diaryl/α,β-unsaturated/α-hetero) is 1. The maximum Gasteiger partial charge on any atom is 0.338 e. The number of ketones is 1. The number of esters is 1. The molecular weight excluding hydrogens is 474 g/mol. The Bertz CT molecular complexity index is 1500. The Kier molecular flexibility index (Phi) is 6.23. The fourth-order valence-corrected chi connectivity index (χ4v) is 4.44. The normalized spacial score (nSPS) is 15.4. The molecule has 186 valence electrons. The monoisotopic (exact) mass is 497 g/mol. The first kappa shape index (κ1) is 23.9. The molecule has 0 radical (unpaired) electrons. The number of aliphatic hydroxyl groups is 1. The molecule has 37 heavy (non-hydrogen) atoms. The van der Waals surface area contributed by atoms with E-state index in [0.717, 1.165) is 5.39 Å². The Labute approximate surface area is 212 Å². The van der Waals surface area contributed by atoms with E-state index in [1.165, 1.54) is 17.0 Å². The number of hydrogen-bond donors (Lipinski definition) is 2. The van der Waals surface area contributed by atoms with Crippen LogP contribution in [-0.4, -0.2) is 39.4 Å². The van der Waals surface area contributed by atoms with Crippen LogP contribution in [0.15, 0.2) is 94.6 Å². The lowest BCUT2D eigenvalue weighted by atomic mass is 9.94. The molecule has 0 saturated carbocycles. The Morgan fingerprint density at radius 1 is 0.973 bits per heavy atom. The van der Waals surface area contributed by atoms with Crippen LogP contribution in [-0.2, 0) is 16.1 Å². The number of benzene rings is 3. The molecule has 1 aliphatic heterocycles. The average Bonchev–Trinajstić information content (AvgIpc) is 3.44. The Hall–Kier alpha value is -4.85. The summed E-state index contributed by atoms with van der Waals surface area (Å²) in [5, 5.41) is 21.4. The number of aromatic hydroxyl groups is 1. The molecule has 1 atom stereocenters. The molecule has 1 amide bonds. The number of para-hydroxylation sites is 1. The molecule has 8 heteroatoms. The van der Waals surface area contributed by atoms with Gasteiger partial charge in [-0.05, 0) is 54.4 Å². The second-order valence-electron chi connectivity index (χ2n) is 8.58. The zero-order valence-electron chi connectivity index (χ0n) is 19.9. The van der Waals surface area contributed by atoms with E-state index in [1.54, 1.807) is 67.6 Å². The molecule has 0 aliphatic carbocycles. The van der Waals surface area contributed by atoms with Crippen LogP contribution >= 0.6 is 0 Å².